The number of hydrogen-bond donors (Lipinski definition) is 1. The lowest BCUT2D eigenvalue weighted by Crippen LogP contribution is -2.09. The molecule has 1 N–H and O–H groups in total. The predicted octanol–water partition coefficient (Wildman–Crippen LogP) is 1.48. The fourth-order valence-corrected chi connectivity index (χ4v) is 0.924. The van der Waals surface area contributed by atoms with Gasteiger partial charge >= 0.3 is 0 Å². The van der Waals surface area contributed by atoms with Gasteiger partial charge in [0.2, 0.25) is 0 Å². The third-order valence-electron chi connectivity index (χ3n) is 1.51. The van der Waals surface area contributed by atoms with E-state index in [1.165, 1.54) is 12.2 Å². The minimum Gasteiger partial charge on any atom is -0.300 e. The molecule has 2 heteroatoms. The van der Waals surface area contributed by atoms with Gasteiger partial charge in [0.1, 0.15) is 0 Å². The second kappa shape index (κ2) is 2.21. The number of carbonyl (C=O) groups is 1. The van der Waals surface area contributed by atoms with Crippen LogP contribution in [0.3, 0.4) is 0 Å². The van der Waals surface area contributed by atoms with Crippen LogP contribution >= 0.6 is 0 Å². The van der Waals surface area contributed by atoms with Gasteiger partial charge in [0.05, 0.1) is 5.71 Å². The molecule has 0 fully saturated rings. The van der Waals surface area contributed by atoms with Gasteiger partial charge in [0.15, 0.2) is 5.78 Å². The topological polar surface area (TPSA) is 40.9 Å². The molecule has 1 aliphatic carbocycles. The molecule has 0 amide bonds. The van der Waals surface area contributed by atoms with Crippen LogP contribution in [0.25, 0.3) is 0 Å². The zero-order valence-electron chi connectivity index (χ0n) is 6.06. The molecule has 1 aliphatic rings. The highest BCUT2D eigenvalue weighted by Gasteiger charge is 2.09. The maximum absolute atomic E-state index is 10.8. The molecular formula is C8H9NO. The minimum atomic E-state index is -0.00833. The normalized spacial score (nSPS) is 18.6. The quantitative estimate of drug-likeness (QED) is 0.502. The van der Waals surface area contributed by atoms with Gasteiger partial charge in [-0.2, -0.15) is 0 Å². The van der Waals surface area contributed by atoms with Gasteiger partial charge in [0, 0.05) is 0 Å². The molecule has 52 valence electrons. The van der Waals surface area contributed by atoms with Crippen molar-refractivity contribution in [2.45, 2.75) is 13.8 Å². The number of ketones is 1. The SMILES string of the molecule is CC1=CC(=O)C=C(C)C1=N. The van der Waals surface area contributed by atoms with Crippen LogP contribution in [-0.4, -0.2) is 11.5 Å². The largest absolute Gasteiger partial charge is 0.300 e. The first-order valence-corrected chi connectivity index (χ1v) is 3.11. The number of allylic oxidation sites excluding steroid dienone is 4. The third kappa shape index (κ3) is 1.05. The first-order chi connectivity index (χ1) is 4.61. The zero-order valence-corrected chi connectivity index (χ0v) is 6.06. The number of nitrogens with one attached hydrogen (secondary N) is 1. The van der Waals surface area contributed by atoms with Gasteiger partial charge in [-0.1, -0.05) is 0 Å². The van der Waals surface area contributed by atoms with Crippen molar-refractivity contribution in [3.05, 3.63) is 23.3 Å². The highest BCUT2D eigenvalue weighted by molar-refractivity contribution is 6.20. The van der Waals surface area contributed by atoms with E-state index in [0.29, 0.717) is 5.71 Å². The summed E-state index contributed by atoms with van der Waals surface area (Å²) >= 11 is 0. The molecule has 0 heterocycles. The van der Waals surface area contributed by atoms with Crippen molar-refractivity contribution in [3.8, 4) is 0 Å². The van der Waals surface area contributed by atoms with E-state index in [-0.39, 0.29) is 5.78 Å². The summed E-state index contributed by atoms with van der Waals surface area (Å²) in [6.45, 7) is 3.55. The summed E-state index contributed by atoms with van der Waals surface area (Å²) in [4.78, 5) is 10.8. The van der Waals surface area contributed by atoms with Crippen LogP contribution in [0.4, 0.5) is 0 Å². The third-order valence-corrected chi connectivity index (χ3v) is 1.51. The molecule has 1 rings (SSSR count). The molecule has 0 bridgehead atoms. The van der Waals surface area contributed by atoms with Gasteiger partial charge in [-0.25, -0.2) is 0 Å². The van der Waals surface area contributed by atoms with Crippen LogP contribution in [0.15, 0.2) is 23.3 Å². The average Bonchev–Trinajstić information content (AvgIpc) is 1.82. The fraction of sp³-hybridized carbons (Fsp3) is 0.250. The molecule has 10 heavy (non-hydrogen) atoms. The van der Waals surface area contributed by atoms with Crippen molar-refractivity contribution in [1.29, 1.82) is 5.41 Å². The molecule has 0 aromatic heterocycles. The summed E-state index contributed by atoms with van der Waals surface area (Å²) in [7, 11) is 0. The van der Waals surface area contributed by atoms with E-state index in [0.717, 1.165) is 11.1 Å². The number of rotatable bonds is 0. The highest BCUT2D eigenvalue weighted by Crippen LogP contribution is 2.10. The van der Waals surface area contributed by atoms with Gasteiger partial charge in [-0.05, 0) is 37.1 Å². The minimum absolute atomic E-state index is 0.00833. The Hall–Kier alpha value is -1.18. The molecule has 0 radical (unpaired) electrons. The predicted molar refractivity (Wildman–Crippen MR) is 40.2 cm³/mol. The van der Waals surface area contributed by atoms with E-state index in [2.05, 4.69) is 0 Å². The number of hydrogen-bond acceptors (Lipinski definition) is 2. The van der Waals surface area contributed by atoms with Crippen LogP contribution in [-0.2, 0) is 4.79 Å². The molecule has 0 aromatic carbocycles. The molecular weight excluding hydrogens is 126 g/mol. The van der Waals surface area contributed by atoms with Crippen molar-refractivity contribution in [2.75, 3.05) is 0 Å². The zero-order chi connectivity index (χ0) is 7.72. The summed E-state index contributed by atoms with van der Waals surface area (Å²) in [5.74, 6) is -0.00833. The summed E-state index contributed by atoms with van der Waals surface area (Å²) in [5.41, 5.74) is 1.98. The van der Waals surface area contributed by atoms with E-state index in [4.69, 9.17) is 5.41 Å². The average molecular weight is 135 g/mol. The Morgan fingerprint density at radius 1 is 1.20 bits per heavy atom. The fourth-order valence-electron chi connectivity index (χ4n) is 0.924. The molecule has 2 nitrogen and oxygen atoms in total. The van der Waals surface area contributed by atoms with Crippen LogP contribution in [0.1, 0.15) is 13.8 Å². The van der Waals surface area contributed by atoms with Gasteiger partial charge in [0.25, 0.3) is 0 Å². The van der Waals surface area contributed by atoms with Crippen molar-refractivity contribution in [2.24, 2.45) is 0 Å². The molecule has 0 aliphatic heterocycles. The summed E-state index contributed by atoms with van der Waals surface area (Å²) < 4.78 is 0. The summed E-state index contributed by atoms with van der Waals surface area (Å²) in [5, 5.41) is 7.40. The van der Waals surface area contributed by atoms with E-state index in [1.807, 2.05) is 0 Å². The lowest BCUT2D eigenvalue weighted by atomic mass is 9.98. The Labute approximate surface area is 59.8 Å². The Bertz CT molecular complexity index is 234. The van der Waals surface area contributed by atoms with Crippen LogP contribution in [0.2, 0.25) is 0 Å². The van der Waals surface area contributed by atoms with Gasteiger partial charge < -0.3 is 5.41 Å². The van der Waals surface area contributed by atoms with Crippen molar-refractivity contribution in [1.82, 2.24) is 0 Å². The first-order valence-electron chi connectivity index (χ1n) is 3.11. The Morgan fingerprint density at radius 3 is 2.00 bits per heavy atom. The van der Waals surface area contributed by atoms with E-state index in [9.17, 15) is 4.79 Å². The smallest absolute Gasteiger partial charge is 0.179 e. The first kappa shape index (κ1) is 6.93. The Kier molecular flexibility index (Phi) is 1.53. The van der Waals surface area contributed by atoms with E-state index < -0.39 is 0 Å². The van der Waals surface area contributed by atoms with Crippen molar-refractivity contribution in [3.63, 3.8) is 0 Å². The Balaban J connectivity index is 3.05. The molecule has 0 spiro atoms. The molecule has 0 unspecified atom stereocenters. The maximum Gasteiger partial charge on any atom is 0.179 e. The van der Waals surface area contributed by atoms with Crippen LogP contribution in [0.5, 0.6) is 0 Å². The Morgan fingerprint density at radius 2 is 1.60 bits per heavy atom. The highest BCUT2D eigenvalue weighted by atomic mass is 16.1. The van der Waals surface area contributed by atoms with Gasteiger partial charge in [-0.3, -0.25) is 4.79 Å². The lowest BCUT2D eigenvalue weighted by molar-refractivity contribution is -0.110. The van der Waals surface area contributed by atoms with E-state index >= 15 is 0 Å². The van der Waals surface area contributed by atoms with Crippen molar-refractivity contribution >= 4 is 11.5 Å². The molecule has 0 atom stereocenters. The molecule has 0 saturated heterocycles. The van der Waals surface area contributed by atoms with Crippen LogP contribution < -0.4 is 0 Å². The molecule has 0 aromatic rings. The summed E-state index contributed by atoms with van der Waals surface area (Å²) in [6.07, 6.45) is 2.96. The second-order valence-corrected chi connectivity index (χ2v) is 2.43. The van der Waals surface area contributed by atoms with Crippen molar-refractivity contribution < 1.29 is 4.79 Å². The van der Waals surface area contributed by atoms with E-state index in [1.54, 1.807) is 13.8 Å². The standard InChI is InChI=1S/C8H9NO/c1-5-3-7(10)4-6(2)8(5)9/h3-4,9H,1-2H3. The lowest BCUT2D eigenvalue weighted by Gasteiger charge is -2.07. The monoisotopic (exact) mass is 135 g/mol. The molecule has 0 saturated carbocycles. The number of carbonyl (C=O) groups excluding carboxylic acids is 1. The van der Waals surface area contributed by atoms with Gasteiger partial charge in [-0.15, -0.1) is 0 Å². The summed E-state index contributed by atoms with van der Waals surface area (Å²) in [6, 6.07) is 0. The second-order valence-electron chi connectivity index (χ2n) is 2.43. The van der Waals surface area contributed by atoms with Crippen LogP contribution in [0, 0.1) is 5.41 Å². The maximum atomic E-state index is 10.8.